The molecule has 0 aromatic heterocycles. The normalized spacial score (nSPS) is 10.8. The van der Waals surface area contributed by atoms with Gasteiger partial charge in [0.25, 0.3) is 0 Å². The monoisotopic (exact) mass is 226 g/mol. The molecule has 0 unspecified atom stereocenters. The van der Waals surface area contributed by atoms with Crippen molar-refractivity contribution in [3.63, 3.8) is 0 Å². The first-order chi connectivity index (χ1) is 7.58. The second-order valence-electron chi connectivity index (χ2n) is 3.93. The van der Waals surface area contributed by atoms with Crippen LogP contribution in [0.3, 0.4) is 0 Å². The molecule has 0 aliphatic heterocycles. The molecule has 0 radical (unpaired) electrons. The summed E-state index contributed by atoms with van der Waals surface area (Å²) in [4.78, 5) is 11.7. The number of benzene rings is 1. The van der Waals surface area contributed by atoms with Crippen molar-refractivity contribution in [3.8, 4) is 0 Å². The van der Waals surface area contributed by atoms with Crippen LogP contribution in [0, 0.1) is 17.6 Å². The van der Waals surface area contributed by atoms with Crippen molar-refractivity contribution >= 4 is 5.78 Å². The van der Waals surface area contributed by atoms with Crippen molar-refractivity contribution in [1.82, 2.24) is 0 Å². The van der Waals surface area contributed by atoms with Crippen LogP contribution in [0.4, 0.5) is 8.78 Å². The predicted octanol–water partition coefficient (Wildman–Crippen LogP) is 3.97. The Labute approximate surface area is 94.5 Å². The summed E-state index contributed by atoms with van der Waals surface area (Å²) in [6, 6.07) is 3.08. The lowest BCUT2D eigenvalue weighted by Gasteiger charge is -2.11. The lowest BCUT2D eigenvalue weighted by atomic mass is 9.94. The van der Waals surface area contributed by atoms with E-state index in [4.69, 9.17) is 0 Å². The van der Waals surface area contributed by atoms with Crippen molar-refractivity contribution < 1.29 is 13.6 Å². The van der Waals surface area contributed by atoms with E-state index < -0.39 is 11.6 Å². The van der Waals surface area contributed by atoms with E-state index in [1.807, 2.05) is 13.8 Å². The lowest BCUT2D eigenvalue weighted by molar-refractivity contribution is 0.0954. The first-order valence-electron chi connectivity index (χ1n) is 5.56. The molecule has 0 aliphatic carbocycles. The molecule has 0 N–H and O–H groups in total. The van der Waals surface area contributed by atoms with E-state index in [2.05, 4.69) is 0 Å². The molecule has 0 spiro atoms. The molecule has 1 aromatic carbocycles. The van der Waals surface area contributed by atoms with Gasteiger partial charge in [0.1, 0.15) is 11.6 Å². The number of hydrogen-bond acceptors (Lipinski definition) is 1. The fraction of sp³-hybridized carbons (Fsp3) is 0.462. The summed E-state index contributed by atoms with van der Waals surface area (Å²) in [5.41, 5.74) is -0.00620. The molecule has 0 amide bonds. The lowest BCUT2D eigenvalue weighted by Crippen LogP contribution is -2.09. The molecule has 3 heteroatoms. The summed E-state index contributed by atoms with van der Waals surface area (Å²) in [5.74, 6) is -1.39. The maximum absolute atomic E-state index is 13.3. The third kappa shape index (κ3) is 3.12. The highest BCUT2D eigenvalue weighted by Crippen LogP contribution is 2.18. The van der Waals surface area contributed by atoms with Gasteiger partial charge < -0.3 is 0 Å². The molecule has 0 atom stereocenters. The molecule has 88 valence electrons. The first kappa shape index (κ1) is 12.8. The molecule has 1 nitrogen and oxygen atoms in total. The highest BCUT2D eigenvalue weighted by molar-refractivity contribution is 5.96. The number of carbonyl (C=O) groups excluding carboxylic acids is 1. The Morgan fingerprint density at radius 3 is 2.38 bits per heavy atom. The fourth-order valence-corrected chi connectivity index (χ4v) is 1.67. The van der Waals surface area contributed by atoms with Crippen LogP contribution in [0.5, 0.6) is 0 Å². The molecule has 0 bridgehead atoms. The van der Waals surface area contributed by atoms with E-state index in [1.54, 1.807) is 0 Å². The van der Waals surface area contributed by atoms with Gasteiger partial charge in [0.05, 0.1) is 5.56 Å². The molecule has 0 saturated carbocycles. The van der Waals surface area contributed by atoms with E-state index in [9.17, 15) is 13.6 Å². The Morgan fingerprint density at radius 1 is 1.25 bits per heavy atom. The molecular weight excluding hydrogens is 210 g/mol. The number of carbonyl (C=O) groups is 1. The minimum atomic E-state index is -0.768. The van der Waals surface area contributed by atoms with Crippen molar-refractivity contribution in [1.29, 1.82) is 0 Å². The Kier molecular flexibility index (Phi) is 4.59. The maximum Gasteiger partial charge on any atom is 0.166 e. The van der Waals surface area contributed by atoms with Crippen LogP contribution in [0.1, 0.15) is 43.5 Å². The number of halogens is 2. The molecule has 0 heterocycles. The van der Waals surface area contributed by atoms with E-state index >= 15 is 0 Å². The van der Waals surface area contributed by atoms with Gasteiger partial charge in [-0.25, -0.2) is 8.78 Å². The van der Waals surface area contributed by atoms with Crippen LogP contribution >= 0.6 is 0 Å². The van der Waals surface area contributed by atoms with Crippen molar-refractivity contribution in [2.75, 3.05) is 0 Å². The van der Waals surface area contributed by atoms with Crippen LogP contribution < -0.4 is 0 Å². The second kappa shape index (κ2) is 5.73. The van der Waals surface area contributed by atoms with Gasteiger partial charge in [0.15, 0.2) is 5.78 Å². The van der Waals surface area contributed by atoms with Crippen LogP contribution in [0.15, 0.2) is 18.2 Å². The van der Waals surface area contributed by atoms with Crippen molar-refractivity contribution in [2.24, 2.45) is 5.92 Å². The van der Waals surface area contributed by atoms with E-state index in [-0.39, 0.29) is 17.3 Å². The van der Waals surface area contributed by atoms with Gasteiger partial charge in [0.2, 0.25) is 0 Å². The van der Waals surface area contributed by atoms with Crippen molar-refractivity contribution in [3.05, 3.63) is 35.4 Å². The summed E-state index contributed by atoms with van der Waals surface area (Å²) in [7, 11) is 0. The highest BCUT2D eigenvalue weighted by Gasteiger charge is 2.16. The zero-order valence-electron chi connectivity index (χ0n) is 9.59. The molecule has 0 fully saturated rings. The molecule has 16 heavy (non-hydrogen) atoms. The topological polar surface area (TPSA) is 17.1 Å². The third-order valence-electron chi connectivity index (χ3n) is 2.86. The van der Waals surface area contributed by atoms with Crippen molar-refractivity contribution in [2.45, 2.75) is 33.1 Å². The summed E-state index contributed by atoms with van der Waals surface area (Å²) in [6.45, 7) is 4.00. The van der Waals surface area contributed by atoms with Gasteiger partial charge in [-0.2, -0.15) is 0 Å². The number of hydrogen-bond donors (Lipinski definition) is 0. The second-order valence-corrected chi connectivity index (χ2v) is 3.93. The highest BCUT2D eigenvalue weighted by atomic mass is 19.1. The third-order valence-corrected chi connectivity index (χ3v) is 2.86. The van der Waals surface area contributed by atoms with Gasteiger partial charge in [0, 0.05) is 12.5 Å². The van der Waals surface area contributed by atoms with Gasteiger partial charge in [-0.3, -0.25) is 4.79 Å². The van der Waals surface area contributed by atoms with Gasteiger partial charge in [-0.05, 0) is 18.1 Å². The van der Waals surface area contributed by atoms with Gasteiger partial charge in [-0.1, -0.05) is 26.7 Å². The Hall–Kier alpha value is -1.25. The number of Topliss-reactive ketones (excluding diaryl/α,β-unsaturated/α-hetero) is 1. The Balaban J connectivity index is 2.80. The maximum atomic E-state index is 13.3. The molecule has 0 saturated heterocycles. The number of ketones is 1. The van der Waals surface area contributed by atoms with E-state index in [0.717, 1.165) is 25.0 Å². The van der Waals surface area contributed by atoms with Crippen LogP contribution in [0.2, 0.25) is 0 Å². The molecular formula is C13H16F2O. The summed E-state index contributed by atoms with van der Waals surface area (Å²) in [6.07, 6.45) is 2.12. The van der Waals surface area contributed by atoms with Gasteiger partial charge >= 0.3 is 0 Å². The smallest absolute Gasteiger partial charge is 0.166 e. The summed E-state index contributed by atoms with van der Waals surface area (Å²) >= 11 is 0. The van der Waals surface area contributed by atoms with Gasteiger partial charge in [-0.15, -0.1) is 0 Å². The minimum absolute atomic E-state index is 0.00620. The molecule has 0 aliphatic rings. The van der Waals surface area contributed by atoms with Crippen LogP contribution in [-0.2, 0) is 0 Å². The number of rotatable bonds is 5. The zero-order chi connectivity index (χ0) is 12.1. The average molecular weight is 226 g/mol. The average Bonchev–Trinajstić information content (AvgIpc) is 2.25. The summed E-state index contributed by atoms with van der Waals surface area (Å²) in [5, 5.41) is 0. The zero-order valence-corrected chi connectivity index (χ0v) is 9.59. The molecule has 1 aromatic rings. The molecule has 1 rings (SSSR count). The first-order valence-corrected chi connectivity index (χ1v) is 5.56. The van der Waals surface area contributed by atoms with E-state index in [1.165, 1.54) is 6.07 Å². The standard InChI is InChI=1S/C13H16F2O/c1-3-9(4-2)7-13(16)11-6-5-10(14)8-12(11)15/h5-6,8-9H,3-4,7H2,1-2H3. The minimum Gasteiger partial charge on any atom is -0.294 e. The summed E-state index contributed by atoms with van der Waals surface area (Å²) < 4.78 is 26.0. The predicted molar refractivity (Wildman–Crippen MR) is 59.4 cm³/mol. The van der Waals surface area contributed by atoms with Crippen LogP contribution in [0.25, 0.3) is 0 Å². The quantitative estimate of drug-likeness (QED) is 0.694. The van der Waals surface area contributed by atoms with E-state index in [0.29, 0.717) is 6.42 Å². The Bertz CT molecular complexity index is 370. The Morgan fingerprint density at radius 2 is 1.88 bits per heavy atom. The fourth-order valence-electron chi connectivity index (χ4n) is 1.67. The largest absolute Gasteiger partial charge is 0.294 e. The van der Waals surface area contributed by atoms with Crippen LogP contribution in [-0.4, -0.2) is 5.78 Å². The SMILES string of the molecule is CCC(CC)CC(=O)c1ccc(F)cc1F.